The van der Waals surface area contributed by atoms with E-state index < -0.39 is 4.92 Å². The van der Waals surface area contributed by atoms with E-state index in [0.29, 0.717) is 20.7 Å². The number of rotatable bonds is 7. The monoisotopic (exact) mass is 474 g/mol. The second kappa shape index (κ2) is 9.06. The fourth-order valence-electron chi connectivity index (χ4n) is 2.58. The first-order valence-electron chi connectivity index (χ1n) is 8.41. The van der Waals surface area contributed by atoms with E-state index in [2.05, 4.69) is 22.5 Å². The highest BCUT2D eigenvalue weighted by atomic mass is 79.9. The first-order valence-corrected chi connectivity index (χ1v) is 10.0. The van der Waals surface area contributed by atoms with Gasteiger partial charge in [0.2, 0.25) is 0 Å². The normalized spacial score (nSPS) is 15.1. The molecule has 1 fully saturated rings. The minimum atomic E-state index is -0.453. The number of carbonyl (C=O) groups excluding carboxylic acids is 2. The standard InChI is InChI=1S/C20H15BrN2O5S/c1-2-8-22-19(24)18(29-20(22)25)11-13-6-7-17(16(21)10-13)28-12-14-4-3-5-15(9-14)23(26)27/h2-7,9-11H,1,8,12H2/b18-11+. The first-order chi connectivity index (χ1) is 13.9. The van der Waals surface area contributed by atoms with Crippen LogP contribution in [0.15, 0.2) is 64.5 Å². The lowest BCUT2D eigenvalue weighted by Gasteiger charge is -2.09. The Morgan fingerprint density at radius 1 is 1.24 bits per heavy atom. The Hall–Kier alpha value is -2.91. The summed E-state index contributed by atoms with van der Waals surface area (Å²) in [7, 11) is 0. The molecule has 2 amide bonds. The van der Waals surface area contributed by atoms with Crippen LogP contribution in [0.2, 0.25) is 0 Å². The summed E-state index contributed by atoms with van der Waals surface area (Å²) in [4.78, 5) is 36.1. The van der Waals surface area contributed by atoms with Gasteiger partial charge in [-0.3, -0.25) is 24.6 Å². The van der Waals surface area contributed by atoms with Gasteiger partial charge in [0, 0.05) is 18.7 Å². The van der Waals surface area contributed by atoms with Crippen molar-refractivity contribution >= 4 is 50.6 Å². The van der Waals surface area contributed by atoms with Crippen LogP contribution in [0.25, 0.3) is 6.08 Å². The van der Waals surface area contributed by atoms with Crippen molar-refractivity contribution in [3.8, 4) is 5.75 Å². The van der Waals surface area contributed by atoms with Crippen molar-refractivity contribution in [1.82, 2.24) is 4.90 Å². The van der Waals surface area contributed by atoms with Gasteiger partial charge in [0.25, 0.3) is 16.8 Å². The molecule has 0 spiro atoms. The molecule has 0 radical (unpaired) electrons. The van der Waals surface area contributed by atoms with E-state index in [1.807, 2.05) is 0 Å². The molecule has 7 nitrogen and oxygen atoms in total. The molecule has 0 aliphatic carbocycles. The summed E-state index contributed by atoms with van der Waals surface area (Å²) in [5.41, 5.74) is 1.40. The van der Waals surface area contributed by atoms with Gasteiger partial charge in [-0.05, 0) is 57.0 Å². The quantitative estimate of drug-likeness (QED) is 0.238. The molecule has 0 saturated carbocycles. The zero-order valence-corrected chi connectivity index (χ0v) is 17.4. The number of hydrogen-bond acceptors (Lipinski definition) is 6. The van der Waals surface area contributed by atoms with E-state index in [4.69, 9.17) is 4.74 Å². The van der Waals surface area contributed by atoms with Gasteiger partial charge >= 0.3 is 0 Å². The summed E-state index contributed by atoms with van der Waals surface area (Å²) < 4.78 is 6.39. The molecule has 0 aromatic heterocycles. The highest BCUT2D eigenvalue weighted by Gasteiger charge is 2.34. The average Bonchev–Trinajstić information content (AvgIpc) is 2.95. The summed E-state index contributed by atoms with van der Waals surface area (Å²) in [6.45, 7) is 3.89. The molecule has 29 heavy (non-hydrogen) atoms. The largest absolute Gasteiger partial charge is 0.488 e. The number of nitro benzene ring substituents is 1. The number of thioether (sulfide) groups is 1. The van der Waals surface area contributed by atoms with Crippen molar-refractivity contribution in [2.45, 2.75) is 6.61 Å². The lowest BCUT2D eigenvalue weighted by molar-refractivity contribution is -0.384. The third-order valence-corrected chi connectivity index (χ3v) is 5.48. The molecule has 0 N–H and O–H groups in total. The van der Waals surface area contributed by atoms with Gasteiger partial charge in [-0.25, -0.2) is 0 Å². The molecule has 2 aromatic rings. The maximum atomic E-state index is 12.3. The Bertz CT molecular complexity index is 1040. The van der Waals surface area contributed by atoms with Gasteiger partial charge in [0.15, 0.2) is 0 Å². The van der Waals surface area contributed by atoms with Crippen LogP contribution in [-0.2, 0) is 11.4 Å². The Kier molecular flexibility index (Phi) is 6.50. The van der Waals surface area contributed by atoms with Gasteiger partial charge < -0.3 is 4.74 Å². The van der Waals surface area contributed by atoms with Gasteiger partial charge in [0.1, 0.15) is 12.4 Å². The number of hydrogen-bond donors (Lipinski definition) is 0. The molecular formula is C20H15BrN2O5S. The minimum absolute atomic E-state index is 0.00548. The van der Waals surface area contributed by atoms with Crippen LogP contribution in [0.1, 0.15) is 11.1 Å². The van der Waals surface area contributed by atoms with Gasteiger partial charge in [-0.15, -0.1) is 6.58 Å². The van der Waals surface area contributed by atoms with Crippen LogP contribution < -0.4 is 4.74 Å². The Labute approximate surface area is 179 Å². The first kappa shape index (κ1) is 20.8. The maximum absolute atomic E-state index is 12.3. The number of imide groups is 1. The van der Waals surface area contributed by atoms with Crippen LogP contribution in [0.5, 0.6) is 5.75 Å². The topological polar surface area (TPSA) is 89.8 Å². The SMILES string of the molecule is C=CCN1C(=O)S/C(=C/c2ccc(OCc3cccc([N+](=O)[O-])c3)c(Br)c2)C1=O. The molecule has 1 saturated heterocycles. The average molecular weight is 475 g/mol. The predicted octanol–water partition coefficient (Wildman–Crippen LogP) is 5.16. The summed E-state index contributed by atoms with van der Waals surface area (Å²) in [6.07, 6.45) is 3.15. The van der Waals surface area contributed by atoms with E-state index in [1.54, 1.807) is 36.4 Å². The number of nitro groups is 1. The summed E-state index contributed by atoms with van der Waals surface area (Å²) in [5, 5.41) is 10.5. The van der Waals surface area contributed by atoms with E-state index in [-0.39, 0.29) is 30.0 Å². The van der Waals surface area contributed by atoms with Gasteiger partial charge in [-0.2, -0.15) is 0 Å². The Morgan fingerprint density at radius 3 is 2.72 bits per heavy atom. The number of carbonyl (C=O) groups is 2. The van der Waals surface area contributed by atoms with Crippen LogP contribution in [0, 0.1) is 10.1 Å². The molecule has 1 heterocycles. The fraction of sp³-hybridized carbons (Fsp3) is 0.100. The second-order valence-corrected chi connectivity index (χ2v) is 7.83. The number of amides is 2. The zero-order chi connectivity index (χ0) is 21.0. The second-order valence-electron chi connectivity index (χ2n) is 5.99. The molecule has 1 aliphatic heterocycles. The molecule has 148 valence electrons. The predicted molar refractivity (Wildman–Crippen MR) is 114 cm³/mol. The molecule has 0 atom stereocenters. The van der Waals surface area contributed by atoms with Crippen LogP contribution in [0.3, 0.4) is 0 Å². The molecule has 3 rings (SSSR count). The van der Waals surface area contributed by atoms with E-state index in [9.17, 15) is 19.7 Å². The lowest BCUT2D eigenvalue weighted by Crippen LogP contribution is -2.27. The van der Waals surface area contributed by atoms with Gasteiger partial charge in [-0.1, -0.05) is 24.3 Å². The highest BCUT2D eigenvalue weighted by molar-refractivity contribution is 9.10. The Balaban J connectivity index is 1.71. The van der Waals surface area contributed by atoms with Crippen LogP contribution in [0.4, 0.5) is 10.5 Å². The highest BCUT2D eigenvalue weighted by Crippen LogP contribution is 2.34. The summed E-state index contributed by atoms with van der Waals surface area (Å²) in [6, 6.07) is 11.5. The summed E-state index contributed by atoms with van der Waals surface area (Å²) >= 11 is 4.31. The number of non-ortho nitro benzene ring substituents is 1. The van der Waals surface area contributed by atoms with E-state index in [0.717, 1.165) is 22.2 Å². The lowest BCUT2D eigenvalue weighted by atomic mass is 10.2. The molecule has 1 aliphatic rings. The van der Waals surface area contributed by atoms with E-state index >= 15 is 0 Å². The number of nitrogens with zero attached hydrogens (tertiary/aromatic N) is 2. The molecule has 0 unspecified atom stereocenters. The summed E-state index contributed by atoms with van der Waals surface area (Å²) in [5.74, 6) is 0.204. The molecule has 9 heteroatoms. The smallest absolute Gasteiger partial charge is 0.293 e. The maximum Gasteiger partial charge on any atom is 0.293 e. The molecular weight excluding hydrogens is 460 g/mol. The van der Waals surface area contributed by atoms with Crippen molar-refractivity contribution in [1.29, 1.82) is 0 Å². The van der Waals surface area contributed by atoms with Gasteiger partial charge in [0.05, 0.1) is 14.3 Å². The molecule has 2 aromatic carbocycles. The third kappa shape index (κ3) is 4.93. The number of ether oxygens (including phenoxy) is 1. The third-order valence-electron chi connectivity index (χ3n) is 3.95. The van der Waals surface area contributed by atoms with Crippen molar-refractivity contribution < 1.29 is 19.2 Å². The Morgan fingerprint density at radius 2 is 2.03 bits per heavy atom. The fourth-order valence-corrected chi connectivity index (χ4v) is 3.94. The number of benzene rings is 2. The number of halogens is 1. The van der Waals surface area contributed by atoms with Crippen LogP contribution >= 0.6 is 27.7 Å². The van der Waals surface area contributed by atoms with Crippen molar-refractivity contribution in [2.24, 2.45) is 0 Å². The zero-order valence-electron chi connectivity index (χ0n) is 15.0. The minimum Gasteiger partial charge on any atom is -0.488 e. The van der Waals surface area contributed by atoms with Crippen molar-refractivity contribution in [3.05, 3.63) is 85.7 Å². The van der Waals surface area contributed by atoms with Crippen molar-refractivity contribution in [3.63, 3.8) is 0 Å². The van der Waals surface area contributed by atoms with E-state index in [1.165, 1.54) is 18.2 Å². The molecule has 0 bridgehead atoms. The van der Waals surface area contributed by atoms with Crippen molar-refractivity contribution in [2.75, 3.05) is 6.54 Å². The van der Waals surface area contributed by atoms with Crippen LogP contribution in [-0.4, -0.2) is 27.5 Å².